The topological polar surface area (TPSA) is 59.1 Å². The van der Waals surface area contributed by atoms with Gasteiger partial charge in [0.15, 0.2) is 0 Å². The molecule has 1 saturated heterocycles. The number of epoxide rings is 1. The number of ether oxygens (including phenoxy) is 2. The summed E-state index contributed by atoms with van der Waals surface area (Å²) in [5, 5.41) is 9.97. The van der Waals surface area contributed by atoms with Crippen LogP contribution in [0.5, 0.6) is 0 Å². The average Bonchev–Trinajstić information content (AvgIpc) is 3.32. The molecule has 0 aromatic rings. The van der Waals surface area contributed by atoms with Gasteiger partial charge in [0.1, 0.15) is 12.2 Å². The summed E-state index contributed by atoms with van der Waals surface area (Å²) in [7, 11) is 1.44. The van der Waals surface area contributed by atoms with Crippen molar-refractivity contribution < 1.29 is 19.4 Å². The molecule has 3 atom stereocenters. The second-order valence-electron chi connectivity index (χ2n) is 6.44. The van der Waals surface area contributed by atoms with Crippen LogP contribution in [0.3, 0.4) is 0 Å². The lowest BCUT2D eigenvalue weighted by Crippen LogP contribution is -2.16. The van der Waals surface area contributed by atoms with Crippen molar-refractivity contribution in [3.63, 3.8) is 0 Å². The number of allylic oxidation sites excluding steroid dienone is 1. The highest BCUT2D eigenvalue weighted by Gasteiger charge is 2.41. The van der Waals surface area contributed by atoms with Gasteiger partial charge in [0.05, 0.1) is 13.2 Å². The molecule has 0 amide bonds. The van der Waals surface area contributed by atoms with Crippen molar-refractivity contribution in [3.05, 3.63) is 12.2 Å². The fourth-order valence-electron chi connectivity index (χ4n) is 2.76. The Kier molecular flexibility index (Phi) is 11.0. The van der Waals surface area contributed by atoms with Crippen LogP contribution in [-0.4, -0.2) is 36.5 Å². The third-order valence-electron chi connectivity index (χ3n) is 4.35. The largest absolute Gasteiger partial charge is 0.469 e. The zero-order chi connectivity index (χ0) is 16.9. The second-order valence-corrected chi connectivity index (χ2v) is 6.44. The van der Waals surface area contributed by atoms with E-state index in [-0.39, 0.29) is 24.3 Å². The van der Waals surface area contributed by atoms with Gasteiger partial charge < -0.3 is 14.6 Å². The van der Waals surface area contributed by atoms with Crippen LogP contribution >= 0.6 is 0 Å². The van der Waals surface area contributed by atoms with Crippen LogP contribution in [0.25, 0.3) is 0 Å². The fourth-order valence-corrected chi connectivity index (χ4v) is 2.76. The molecule has 1 N–H and O–H groups in total. The first kappa shape index (κ1) is 20.2. The quantitative estimate of drug-likeness (QED) is 0.225. The first-order chi connectivity index (χ1) is 11.2. The van der Waals surface area contributed by atoms with E-state index in [9.17, 15) is 9.90 Å². The molecular weight excluding hydrogens is 292 g/mol. The smallest absolute Gasteiger partial charge is 0.305 e. The Labute approximate surface area is 141 Å². The van der Waals surface area contributed by atoms with E-state index < -0.39 is 0 Å². The van der Waals surface area contributed by atoms with Crippen LogP contribution in [0.1, 0.15) is 77.6 Å². The number of esters is 1. The minimum atomic E-state index is -0.300. The van der Waals surface area contributed by atoms with E-state index in [4.69, 9.17) is 4.74 Å². The van der Waals surface area contributed by atoms with Crippen LogP contribution in [0, 0.1) is 0 Å². The summed E-state index contributed by atoms with van der Waals surface area (Å²) in [6, 6.07) is 0. The van der Waals surface area contributed by atoms with Crippen LogP contribution in [0.2, 0.25) is 0 Å². The number of methoxy groups -OCH3 is 1. The summed E-state index contributed by atoms with van der Waals surface area (Å²) < 4.78 is 10.1. The predicted octanol–water partition coefficient (Wildman–Crippen LogP) is 4.15. The van der Waals surface area contributed by atoms with Gasteiger partial charge in [0.2, 0.25) is 0 Å². The first-order valence-electron chi connectivity index (χ1n) is 9.26. The van der Waals surface area contributed by atoms with E-state index in [1.165, 1.54) is 39.2 Å². The van der Waals surface area contributed by atoms with Gasteiger partial charge in [0, 0.05) is 6.42 Å². The van der Waals surface area contributed by atoms with Crippen LogP contribution < -0.4 is 0 Å². The summed E-state index contributed by atoms with van der Waals surface area (Å²) in [6.07, 6.45) is 15.6. The van der Waals surface area contributed by atoms with Crippen LogP contribution in [-0.2, 0) is 14.3 Å². The summed E-state index contributed by atoms with van der Waals surface area (Å²) in [5.41, 5.74) is 0. The van der Waals surface area contributed by atoms with Gasteiger partial charge in [-0.1, -0.05) is 57.6 Å². The lowest BCUT2D eigenvalue weighted by Gasteiger charge is -2.05. The molecule has 1 rings (SSSR count). The zero-order valence-electron chi connectivity index (χ0n) is 14.8. The Morgan fingerprint density at radius 3 is 2.65 bits per heavy atom. The van der Waals surface area contributed by atoms with E-state index in [0.717, 1.165) is 32.1 Å². The molecule has 3 unspecified atom stereocenters. The number of carbonyl (C=O) groups is 1. The molecule has 0 bridgehead atoms. The lowest BCUT2D eigenvalue weighted by atomic mass is 10.1. The van der Waals surface area contributed by atoms with Gasteiger partial charge in [-0.3, -0.25) is 4.79 Å². The number of carbonyl (C=O) groups excluding carboxylic acids is 1. The van der Waals surface area contributed by atoms with E-state index in [0.29, 0.717) is 6.42 Å². The van der Waals surface area contributed by atoms with Crippen LogP contribution in [0.4, 0.5) is 0 Å². The summed E-state index contributed by atoms with van der Waals surface area (Å²) in [6.45, 7) is 2.17. The molecule has 1 aliphatic heterocycles. The van der Waals surface area contributed by atoms with Crippen molar-refractivity contribution in [2.45, 2.75) is 95.9 Å². The Morgan fingerprint density at radius 2 is 1.91 bits per heavy atom. The number of hydrogen-bond acceptors (Lipinski definition) is 4. The van der Waals surface area contributed by atoms with E-state index in [2.05, 4.69) is 23.8 Å². The van der Waals surface area contributed by atoms with E-state index >= 15 is 0 Å². The third kappa shape index (κ3) is 9.77. The van der Waals surface area contributed by atoms with Crippen molar-refractivity contribution in [1.82, 2.24) is 0 Å². The second kappa shape index (κ2) is 12.5. The Balaban J connectivity index is 1.91. The molecule has 0 spiro atoms. The van der Waals surface area contributed by atoms with Crippen molar-refractivity contribution in [1.29, 1.82) is 0 Å². The number of unbranched alkanes of at least 4 members (excludes halogenated alkanes) is 7. The summed E-state index contributed by atoms with van der Waals surface area (Å²) >= 11 is 0. The van der Waals surface area contributed by atoms with Crippen molar-refractivity contribution in [2.24, 2.45) is 0 Å². The molecule has 0 aromatic carbocycles. The molecule has 1 aliphatic rings. The molecule has 0 radical (unpaired) electrons. The van der Waals surface area contributed by atoms with Crippen molar-refractivity contribution in [2.75, 3.05) is 7.11 Å². The molecule has 0 saturated carbocycles. The Morgan fingerprint density at radius 1 is 1.17 bits per heavy atom. The molecule has 4 nitrogen and oxygen atoms in total. The molecule has 134 valence electrons. The predicted molar refractivity (Wildman–Crippen MR) is 92.3 cm³/mol. The molecule has 0 aliphatic carbocycles. The SMILES string of the molecule is CCCCCC(O)C1OC1/C=C/CCCCCCCC(=O)OC. The highest BCUT2D eigenvalue weighted by molar-refractivity contribution is 5.68. The molecule has 1 fully saturated rings. The number of aliphatic hydroxyl groups is 1. The van der Waals surface area contributed by atoms with Gasteiger partial charge in [-0.05, 0) is 25.7 Å². The number of rotatable bonds is 14. The minimum absolute atomic E-state index is 0.0291. The number of aliphatic hydroxyl groups excluding tert-OH is 1. The van der Waals surface area contributed by atoms with Gasteiger partial charge in [-0.15, -0.1) is 0 Å². The van der Waals surface area contributed by atoms with Gasteiger partial charge in [0.25, 0.3) is 0 Å². The van der Waals surface area contributed by atoms with Crippen LogP contribution in [0.15, 0.2) is 12.2 Å². The first-order valence-corrected chi connectivity index (χ1v) is 9.26. The highest BCUT2D eigenvalue weighted by atomic mass is 16.6. The average molecular weight is 326 g/mol. The van der Waals surface area contributed by atoms with E-state index in [1.54, 1.807) is 0 Å². The lowest BCUT2D eigenvalue weighted by molar-refractivity contribution is -0.140. The highest BCUT2D eigenvalue weighted by Crippen LogP contribution is 2.29. The third-order valence-corrected chi connectivity index (χ3v) is 4.35. The maximum Gasteiger partial charge on any atom is 0.305 e. The van der Waals surface area contributed by atoms with E-state index in [1.807, 2.05) is 0 Å². The fraction of sp³-hybridized carbons (Fsp3) is 0.842. The minimum Gasteiger partial charge on any atom is -0.469 e. The van der Waals surface area contributed by atoms with Gasteiger partial charge in [-0.25, -0.2) is 0 Å². The van der Waals surface area contributed by atoms with Gasteiger partial charge >= 0.3 is 5.97 Å². The molecule has 1 heterocycles. The maximum atomic E-state index is 10.9. The number of hydrogen-bond donors (Lipinski definition) is 1. The summed E-state index contributed by atoms with van der Waals surface area (Å²) in [5.74, 6) is -0.108. The van der Waals surface area contributed by atoms with Crippen molar-refractivity contribution in [3.8, 4) is 0 Å². The summed E-state index contributed by atoms with van der Waals surface area (Å²) in [4.78, 5) is 10.9. The van der Waals surface area contributed by atoms with Crippen molar-refractivity contribution >= 4 is 5.97 Å². The molecule has 23 heavy (non-hydrogen) atoms. The normalized spacial score (nSPS) is 21.5. The molecular formula is C19H34O4. The molecule has 0 aromatic heterocycles. The Hall–Kier alpha value is -0.870. The van der Waals surface area contributed by atoms with Gasteiger partial charge in [-0.2, -0.15) is 0 Å². The molecule has 4 heteroatoms. The Bertz CT molecular complexity index is 340. The zero-order valence-corrected chi connectivity index (χ0v) is 14.8. The standard InChI is InChI=1S/C19H34O4/c1-3-4-10-13-16(20)19-17(23-19)14-11-8-6-5-7-9-12-15-18(21)22-2/h11,14,16-17,19-20H,3-10,12-13,15H2,1-2H3/b14-11+. The monoisotopic (exact) mass is 326 g/mol. The maximum absolute atomic E-state index is 10.9.